The predicted octanol–water partition coefficient (Wildman–Crippen LogP) is 2.69. The van der Waals surface area contributed by atoms with Gasteiger partial charge in [0.2, 0.25) is 5.91 Å². The molecular formula is C17H16N2O5S. The van der Waals surface area contributed by atoms with Crippen LogP contribution in [0, 0.1) is 10.1 Å². The molecule has 0 radical (unpaired) electrons. The van der Waals surface area contributed by atoms with Crippen LogP contribution in [-0.4, -0.2) is 24.5 Å². The minimum Gasteiger partial charge on any atom is -0.307 e. The van der Waals surface area contributed by atoms with Gasteiger partial charge in [-0.3, -0.25) is 14.9 Å². The van der Waals surface area contributed by atoms with Crippen molar-refractivity contribution in [3.05, 3.63) is 64.2 Å². The third kappa shape index (κ3) is 3.12. The summed E-state index contributed by atoms with van der Waals surface area (Å²) >= 11 is 0. The standard InChI is InChI=1S/C17H16N2O5S/c1-12-10-17(20)18(11-13-6-8-14(9-7-13)19(21)22)15-4-2-3-5-16(15)25(12,23)24/h2-9,12H,10-11H2,1H3. The quantitative estimate of drug-likeness (QED) is 0.619. The molecule has 1 aliphatic heterocycles. The van der Waals surface area contributed by atoms with E-state index in [0.717, 1.165) is 0 Å². The second-order valence-corrected chi connectivity index (χ2v) is 8.27. The minimum absolute atomic E-state index is 0.0393. The fourth-order valence-electron chi connectivity index (χ4n) is 2.82. The van der Waals surface area contributed by atoms with Crippen LogP contribution in [0.3, 0.4) is 0 Å². The number of carbonyl (C=O) groups is 1. The molecule has 2 aromatic rings. The van der Waals surface area contributed by atoms with Gasteiger partial charge < -0.3 is 4.90 Å². The number of rotatable bonds is 3. The molecule has 0 bridgehead atoms. The molecule has 7 nitrogen and oxygen atoms in total. The van der Waals surface area contributed by atoms with Crippen LogP contribution in [0.1, 0.15) is 18.9 Å². The molecule has 3 rings (SSSR count). The number of nitrogens with zero attached hydrogens (tertiary/aromatic N) is 2. The second-order valence-electron chi connectivity index (χ2n) is 5.93. The van der Waals surface area contributed by atoms with E-state index in [1.165, 1.54) is 30.0 Å². The number of hydrogen-bond acceptors (Lipinski definition) is 5. The van der Waals surface area contributed by atoms with E-state index in [1.807, 2.05) is 0 Å². The molecule has 130 valence electrons. The smallest absolute Gasteiger partial charge is 0.269 e. The van der Waals surface area contributed by atoms with Crippen molar-refractivity contribution >= 4 is 27.1 Å². The highest BCUT2D eigenvalue weighted by molar-refractivity contribution is 7.92. The Morgan fingerprint density at radius 2 is 1.80 bits per heavy atom. The Morgan fingerprint density at radius 3 is 2.44 bits per heavy atom. The Morgan fingerprint density at radius 1 is 1.16 bits per heavy atom. The molecule has 2 aromatic carbocycles. The molecule has 0 aliphatic carbocycles. The van der Waals surface area contributed by atoms with Crippen molar-refractivity contribution in [3.8, 4) is 0 Å². The molecule has 1 atom stereocenters. The van der Waals surface area contributed by atoms with Gasteiger partial charge >= 0.3 is 0 Å². The summed E-state index contributed by atoms with van der Waals surface area (Å²) in [4.78, 5) is 24.4. The predicted molar refractivity (Wildman–Crippen MR) is 92.0 cm³/mol. The average Bonchev–Trinajstić information content (AvgIpc) is 2.65. The summed E-state index contributed by atoms with van der Waals surface area (Å²) in [5.74, 6) is -0.292. The van der Waals surface area contributed by atoms with Crippen LogP contribution in [0.4, 0.5) is 11.4 Å². The third-order valence-corrected chi connectivity index (χ3v) is 6.43. The molecule has 0 aromatic heterocycles. The number of amides is 1. The number of carbonyl (C=O) groups excluding carboxylic acids is 1. The van der Waals surface area contributed by atoms with Crippen LogP contribution in [0.25, 0.3) is 0 Å². The minimum atomic E-state index is -3.59. The van der Waals surface area contributed by atoms with E-state index < -0.39 is 20.0 Å². The van der Waals surface area contributed by atoms with Gasteiger partial charge in [-0.25, -0.2) is 8.42 Å². The van der Waals surface area contributed by atoms with E-state index >= 15 is 0 Å². The van der Waals surface area contributed by atoms with Crippen molar-refractivity contribution < 1.29 is 18.1 Å². The fourth-order valence-corrected chi connectivity index (χ4v) is 4.35. The number of non-ortho nitro benzene ring substituents is 1. The number of hydrogen-bond donors (Lipinski definition) is 0. The normalized spacial score (nSPS) is 19.2. The van der Waals surface area contributed by atoms with Gasteiger partial charge in [0.15, 0.2) is 9.84 Å². The SMILES string of the molecule is CC1CC(=O)N(Cc2ccc([N+](=O)[O-])cc2)c2ccccc2S1(=O)=O. The van der Waals surface area contributed by atoms with E-state index in [0.29, 0.717) is 11.3 Å². The molecule has 0 N–H and O–H groups in total. The number of sulfone groups is 1. The highest BCUT2D eigenvalue weighted by atomic mass is 32.2. The molecule has 0 saturated carbocycles. The van der Waals surface area contributed by atoms with Crippen LogP contribution < -0.4 is 4.90 Å². The lowest BCUT2D eigenvalue weighted by atomic mass is 10.1. The van der Waals surface area contributed by atoms with Crippen LogP contribution >= 0.6 is 0 Å². The molecule has 0 fully saturated rings. The van der Waals surface area contributed by atoms with E-state index in [-0.39, 0.29) is 29.5 Å². The van der Waals surface area contributed by atoms with Gasteiger partial charge in [-0.1, -0.05) is 24.3 Å². The molecule has 1 unspecified atom stereocenters. The molecule has 0 spiro atoms. The first-order valence-electron chi connectivity index (χ1n) is 7.67. The van der Waals surface area contributed by atoms with Crippen LogP contribution in [-0.2, 0) is 21.2 Å². The number of fused-ring (bicyclic) bond motifs is 1. The summed E-state index contributed by atoms with van der Waals surface area (Å²) in [7, 11) is -3.59. The molecule has 8 heteroatoms. The van der Waals surface area contributed by atoms with Crippen molar-refractivity contribution in [3.63, 3.8) is 0 Å². The topological polar surface area (TPSA) is 97.6 Å². The zero-order valence-corrected chi connectivity index (χ0v) is 14.3. The Bertz CT molecular complexity index is 938. The van der Waals surface area contributed by atoms with E-state index in [4.69, 9.17) is 0 Å². The number of anilines is 1. The Kier molecular flexibility index (Phi) is 4.30. The maximum Gasteiger partial charge on any atom is 0.269 e. The average molecular weight is 360 g/mol. The molecule has 0 saturated heterocycles. The van der Waals surface area contributed by atoms with Crippen LogP contribution in [0.2, 0.25) is 0 Å². The summed E-state index contributed by atoms with van der Waals surface area (Å²) in [6.07, 6.45) is -0.107. The first kappa shape index (κ1) is 17.1. The summed E-state index contributed by atoms with van der Waals surface area (Å²) < 4.78 is 25.3. The van der Waals surface area contributed by atoms with Gasteiger partial charge in [0, 0.05) is 18.6 Å². The molecular weight excluding hydrogens is 344 g/mol. The van der Waals surface area contributed by atoms with Gasteiger partial charge in [-0.15, -0.1) is 0 Å². The van der Waals surface area contributed by atoms with E-state index in [2.05, 4.69) is 0 Å². The maximum absolute atomic E-state index is 12.6. The Labute approximate surface area is 145 Å². The third-order valence-electron chi connectivity index (χ3n) is 4.24. The zero-order chi connectivity index (χ0) is 18.2. The largest absolute Gasteiger partial charge is 0.307 e. The second kappa shape index (κ2) is 6.29. The van der Waals surface area contributed by atoms with E-state index in [9.17, 15) is 23.3 Å². The maximum atomic E-state index is 12.6. The highest BCUT2D eigenvalue weighted by Crippen LogP contribution is 2.34. The van der Waals surface area contributed by atoms with Gasteiger partial charge in [0.25, 0.3) is 5.69 Å². The van der Waals surface area contributed by atoms with Crippen molar-refractivity contribution in [2.75, 3.05) is 4.90 Å². The van der Waals surface area contributed by atoms with Crippen molar-refractivity contribution in [1.29, 1.82) is 0 Å². The summed E-state index contributed by atoms with van der Waals surface area (Å²) in [5, 5.41) is 9.94. The van der Waals surface area contributed by atoms with Crippen molar-refractivity contribution in [1.82, 2.24) is 0 Å². The van der Waals surface area contributed by atoms with Crippen molar-refractivity contribution in [2.45, 2.75) is 30.0 Å². The number of benzene rings is 2. The summed E-state index contributed by atoms with van der Waals surface area (Å²) in [5.41, 5.74) is 0.985. The molecule has 1 heterocycles. The zero-order valence-electron chi connectivity index (χ0n) is 13.5. The lowest BCUT2D eigenvalue weighted by Crippen LogP contribution is -2.31. The van der Waals surface area contributed by atoms with Gasteiger partial charge in [-0.05, 0) is 24.6 Å². The Hall–Kier alpha value is -2.74. The highest BCUT2D eigenvalue weighted by Gasteiger charge is 2.35. The molecule has 1 amide bonds. The van der Waals surface area contributed by atoms with Gasteiger partial charge in [-0.2, -0.15) is 0 Å². The Balaban J connectivity index is 2.02. The molecule has 1 aliphatic rings. The van der Waals surface area contributed by atoms with Gasteiger partial charge in [0.1, 0.15) is 0 Å². The van der Waals surface area contributed by atoms with Gasteiger partial charge in [0.05, 0.1) is 27.3 Å². The molecule has 25 heavy (non-hydrogen) atoms. The number of nitro benzene ring substituents is 1. The first-order chi connectivity index (χ1) is 11.8. The first-order valence-corrected chi connectivity index (χ1v) is 9.22. The summed E-state index contributed by atoms with van der Waals surface area (Å²) in [6, 6.07) is 12.3. The summed E-state index contributed by atoms with van der Waals surface area (Å²) in [6.45, 7) is 1.68. The van der Waals surface area contributed by atoms with Crippen LogP contribution in [0.5, 0.6) is 0 Å². The fraction of sp³-hybridized carbons (Fsp3) is 0.235. The van der Waals surface area contributed by atoms with Crippen molar-refractivity contribution in [2.24, 2.45) is 0 Å². The number of para-hydroxylation sites is 1. The van der Waals surface area contributed by atoms with Crippen LogP contribution in [0.15, 0.2) is 53.4 Å². The monoisotopic (exact) mass is 360 g/mol. The lowest BCUT2D eigenvalue weighted by molar-refractivity contribution is -0.384. The van der Waals surface area contributed by atoms with E-state index in [1.54, 1.807) is 30.3 Å². The lowest BCUT2D eigenvalue weighted by Gasteiger charge is -2.22. The number of nitro groups is 1.